The van der Waals surface area contributed by atoms with E-state index in [9.17, 15) is 0 Å². The lowest BCUT2D eigenvalue weighted by Crippen LogP contribution is -2.38. The Bertz CT molecular complexity index is 730. The molecule has 0 aromatic heterocycles. The second-order valence-corrected chi connectivity index (χ2v) is 6.96. The van der Waals surface area contributed by atoms with Gasteiger partial charge < -0.3 is 21.1 Å². The number of hydrogen-bond donors (Lipinski definition) is 3. The lowest BCUT2D eigenvalue weighted by Gasteiger charge is -2.27. The SMILES string of the molecule is CC(C)C(CN=C(N)NC1CCOc2ccccc21)Nc1ccccc1. The summed E-state index contributed by atoms with van der Waals surface area (Å²) in [6.45, 7) is 5.69. The number of hydrogen-bond acceptors (Lipinski definition) is 3. The normalized spacial score (nSPS) is 18.0. The summed E-state index contributed by atoms with van der Waals surface area (Å²) in [5.41, 5.74) is 8.42. The molecule has 1 aliphatic heterocycles. The molecule has 26 heavy (non-hydrogen) atoms. The molecule has 1 heterocycles. The minimum Gasteiger partial charge on any atom is -0.493 e. The van der Waals surface area contributed by atoms with Crippen molar-refractivity contribution < 1.29 is 4.74 Å². The molecular formula is C21H28N4O. The maximum atomic E-state index is 6.17. The Morgan fingerprint density at radius 1 is 1.15 bits per heavy atom. The van der Waals surface area contributed by atoms with Crippen LogP contribution in [0.25, 0.3) is 0 Å². The van der Waals surface area contributed by atoms with Gasteiger partial charge in [-0.05, 0) is 24.1 Å². The molecule has 2 unspecified atom stereocenters. The second kappa shape index (κ2) is 8.61. The Morgan fingerprint density at radius 2 is 1.88 bits per heavy atom. The van der Waals surface area contributed by atoms with E-state index < -0.39 is 0 Å². The smallest absolute Gasteiger partial charge is 0.189 e. The number of benzene rings is 2. The first-order chi connectivity index (χ1) is 12.6. The van der Waals surface area contributed by atoms with Gasteiger partial charge in [0.05, 0.1) is 19.2 Å². The van der Waals surface area contributed by atoms with Crippen molar-refractivity contribution in [3.63, 3.8) is 0 Å². The number of guanidine groups is 1. The largest absolute Gasteiger partial charge is 0.493 e. The molecular weight excluding hydrogens is 324 g/mol. The van der Waals surface area contributed by atoms with Crippen LogP contribution in [0, 0.1) is 5.92 Å². The monoisotopic (exact) mass is 352 g/mol. The zero-order chi connectivity index (χ0) is 18.4. The Hall–Kier alpha value is -2.69. The van der Waals surface area contributed by atoms with Crippen LogP contribution in [-0.2, 0) is 0 Å². The minimum atomic E-state index is 0.142. The highest BCUT2D eigenvalue weighted by molar-refractivity contribution is 5.78. The van der Waals surface area contributed by atoms with Crippen LogP contribution < -0.4 is 21.1 Å². The zero-order valence-electron chi connectivity index (χ0n) is 15.5. The fourth-order valence-electron chi connectivity index (χ4n) is 3.08. The van der Waals surface area contributed by atoms with Crippen molar-refractivity contribution in [2.24, 2.45) is 16.6 Å². The minimum absolute atomic E-state index is 0.142. The topological polar surface area (TPSA) is 71.7 Å². The van der Waals surface area contributed by atoms with Crippen molar-refractivity contribution in [2.75, 3.05) is 18.5 Å². The first-order valence-corrected chi connectivity index (χ1v) is 9.23. The van der Waals surface area contributed by atoms with Gasteiger partial charge in [0.15, 0.2) is 5.96 Å². The van der Waals surface area contributed by atoms with Crippen molar-refractivity contribution in [1.82, 2.24) is 5.32 Å². The standard InChI is InChI=1S/C21H28N4O/c1-15(2)19(24-16-8-4-3-5-9-16)14-23-21(22)25-18-12-13-26-20-11-7-6-10-17(18)20/h3-11,15,18-19,24H,12-14H2,1-2H3,(H3,22,23,25). The molecule has 138 valence electrons. The average molecular weight is 352 g/mol. The van der Waals surface area contributed by atoms with Crippen LogP contribution in [-0.4, -0.2) is 25.2 Å². The van der Waals surface area contributed by atoms with E-state index in [1.807, 2.05) is 36.4 Å². The van der Waals surface area contributed by atoms with Gasteiger partial charge in [-0.1, -0.05) is 50.2 Å². The van der Waals surface area contributed by atoms with Crippen molar-refractivity contribution in [3.05, 3.63) is 60.2 Å². The molecule has 2 atom stereocenters. The predicted octanol–water partition coefficient (Wildman–Crippen LogP) is 3.55. The maximum Gasteiger partial charge on any atom is 0.189 e. The first-order valence-electron chi connectivity index (χ1n) is 9.23. The summed E-state index contributed by atoms with van der Waals surface area (Å²) in [4.78, 5) is 4.59. The summed E-state index contributed by atoms with van der Waals surface area (Å²) < 4.78 is 5.70. The molecule has 0 aliphatic carbocycles. The molecule has 5 heteroatoms. The van der Waals surface area contributed by atoms with Gasteiger partial charge in [-0.25, -0.2) is 0 Å². The third kappa shape index (κ3) is 4.69. The van der Waals surface area contributed by atoms with Crippen LogP contribution in [0.15, 0.2) is 59.6 Å². The zero-order valence-corrected chi connectivity index (χ0v) is 15.5. The number of para-hydroxylation sites is 2. The molecule has 0 radical (unpaired) electrons. The Labute approximate surface area is 155 Å². The highest BCUT2D eigenvalue weighted by atomic mass is 16.5. The number of fused-ring (bicyclic) bond motifs is 1. The van der Waals surface area contributed by atoms with Crippen LogP contribution in [0.3, 0.4) is 0 Å². The van der Waals surface area contributed by atoms with Gasteiger partial charge in [-0.3, -0.25) is 4.99 Å². The second-order valence-electron chi connectivity index (χ2n) is 6.96. The van der Waals surface area contributed by atoms with E-state index in [4.69, 9.17) is 10.5 Å². The van der Waals surface area contributed by atoms with Gasteiger partial charge in [0.1, 0.15) is 5.75 Å². The highest BCUT2D eigenvalue weighted by Gasteiger charge is 2.21. The maximum absolute atomic E-state index is 6.17. The number of nitrogens with two attached hydrogens (primary N) is 1. The predicted molar refractivity (Wildman–Crippen MR) is 108 cm³/mol. The Kier molecular flexibility index (Phi) is 6.00. The van der Waals surface area contributed by atoms with Crippen LogP contribution in [0.2, 0.25) is 0 Å². The molecule has 2 aromatic carbocycles. The van der Waals surface area contributed by atoms with E-state index in [0.717, 1.165) is 23.4 Å². The quantitative estimate of drug-likeness (QED) is 0.549. The summed E-state index contributed by atoms with van der Waals surface area (Å²) in [5.74, 6) is 1.85. The molecule has 4 N–H and O–H groups in total. The van der Waals surface area contributed by atoms with Crippen molar-refractivity contribution in [1.29, 1.82) is 0 Å². The van der Waals surface area contributed by atoms with Crippen LogP contribution >= 0.6 is 0 Å². The molecule has 0 saturated heterocycles. The van der Waals surface area contributed by atoms with Crippen molar-refractivity contribution >= 4 is 11.6 Å². The fourth-order valence-corrected chi connectivity index (χ4v) is 3.08. The number of nitrogens with zero attached hydrogens (tertiary/aromatic N) is 1. The van der Waals surface area contributed by atoms with Gasteiger partial charge in [0, 0.05) is 23.7 Å². The van der Waals surface area contributed by atoms with Gasteiger partial charge in [0.2, 0.25) is 0 Å². The number of ether oxygens (including phenoxy) is 1. The van der Waals surface area contributed by atoms with Crippen molar-refractivity contribution in [3.8, 4) is 5.75 Å². The summed E-state index contributed by atoms with van der Waals surface area (Å²) in [5, 5.41) is 6.90. The van der Waals surface area contributed by atoms with E-state index in [0.29, 0.717) is 25.0 Å². The Balaban J connectivity index is 1.62. The number of anilines is 1. The number of rotatable bonds is 6. The molecule has 0 fully saturated rings. The first kappa shape index (κ1) is 18.1. The van der Waals surface area contributed by atoms with E-state index >= 15 is 0 Å². The number of aliphatic imine (C=N–C) groups is 1. The fraction of sp³-hybridized carbons (Fsp3) is 0.381. The molecule has 3 rings (SSSR count). The lowest BCUT2D eigenvalue weighted by molar-refractivity contribution is 0.262. The lowest BCUT2D eigenvalue weighted by atomic mass is 10.0. The summed E-state index contributed by atoms with van der Waals surface area (Å²) in [7, 11) is 0. The summed E-state index contributed by atoms with van der Waals surface area (Å²) >= 11 is 0. The molecule has 0 bridgehead atoms. The van der Waals surface area contributed by atoms with Crippen LogP contribution in [0.4, 0.5) is 5.69 Å². The summed E-state index contributed by atoms with van der Waals surface area (Å²) in [6.07, 6.45) is 0.878. The molecule has 0 spiro atoms. The molecule has 2 aromatic rings. The average Bonchev–Trinajstić information content (AvgIpc) is 2.66. The third-order valence-corrected chi connectivity index (χ3v) is 4.67. The van der Waals surface area contributed by atoms with Gasteiger partial charge >= 0.3 is 0 Å². The molecule has 0 saturated carbocycles. The van der Waals surface area contributed by atoms with E-state index in [2.05, 4.69) is 47.7 Å². The third-order valence-electron chi connectivity index (χ3n) is 4.67. The van der Waals surface area contributed by atoms with E-state index in [-0.39, 0.29) is 12.1 Å². The molecule has 1 aliphatic rings. The van der Waals surface area contributed by atoms with Crippen LogP contribution in [0.5, 0.6) is 5.75 Å². The van der Waals surface area contributed by atoms with Gasteiger partial charge in [-0.2, -0.15) is 0 Å². The van der Waals surface area contributed by atoms with E-state index in [1.165, 1.54) is 0 Å². The van der Waals surface area contributed by atoms with Gasteiger partial charge in [-0.15, -0.1) is 0 Å². The highest BCUT2D eigenvalue weighted by Crippen LogP contribution is 2.31. The van der Waals surface area contributed by atoms with E-state index in [1.54, 1.807) is 0 Å². The Morgan fingerprint density at radius 3 is 2.65 bits per heavy atom. The number of nitrogens with one attached hydrogen (secondary N) is 2. The van der Waals surface area contributed by atoms with Crippen molar-refractivity contribution in [2.45, 2.75) is 32.4 Å². The molecule has 0 amide bonds. The summed E-state index contributed by atoms with van der Waals surface area (Å²) in [6, 6.07) is 18.7. The van der Waals surface area contributed by atoms with Gasteiger partial charge in [0.25, 0.3) is 0 Å². The molecule has 5 nitrogen and oxygen atoms in total. The van der Waals surface area contributed by atoms with Crippen LogP contribution in [0.1, 0.15) is 31.9 Å².